The van der Waals surface area contributed by atoms with Gasteiger partial charge in [0.05, 0.1) is 12.7 Å². The molecule has 0 fully saturated rings. The van der Waals surface area contributed by atoms with Gasteiger partial charge < -0.3 is 19.7 Å². The highest BCUT2D eigenvalue weighted by molar-refractivity contribution is 5.43. The van der Waals surface area contributed by atoms with Crippen molar-refractivity contribution in [3.63, 3.8) is 0 Å². The largest absolute Gasteiger partial charge is 0.493 e. The predicted molar refractivity (Wildman–Crippen MR) is 67.9 cm³/mol. The van der Waals surface area contributed by atoms with Gasteiger partial charge >= 0.3 is 0 Å². The molecule has 1 aliphatic rings. The van der Waals surface area contributed by atoms with Gasteiger partial charge in [0.15, 0.2) is 0 Å². The van der Waals surface area contributed by atoms with Crippen molar-refractivity contribution in [2.45, 2.75) is 38.4 Å². The SMILES string of the molecule is CC1(C)CC(O)c2ccc(OCCCO)cc2O1. The van der Waals surface area contributed by atoms with Gasteiger partial charge in [-0.1, -0.05) is 0 Å². The number of hydrogen-bond donors (Lipinski definition) is 2. The van der Waals surface area contributed by atoms with Gasteiger partial charge in [0.2, 0.25) is 0 Å². The average Bonchev–Trinajstić information content (AvgIpc) is 2.27. The molecule has 0 bridgehead atoms. The van der Waals surface area contributed by atoms with Crippen molar-refractivity contribution >= 4 is 0 Å². The molecule has 1 aromatic rings. The molecule has 2 N–H and O–H groups in total. The number of fused-ring (bicyclic) bond motifs is 1. The lowest BCUT2D eigenvalue weighted by Gasteiger charge is -2.35. The molecule has 1 aliphatic heterocycles. The highest BCUT2D eigenvalue weighted by Crippen LogP contribution is 2.40. The van der Waals surface area contributed by atoms with E-state index >= 15 is 0 Å². The molecule has 4 nitrogen and oxygen atoms in total. The Balaban J connectivity index is 2.15. The molecule has 0 saturated carbocycles. The van der Waals surface area contributed by atoms with Crippen LogP contribution in [0.5, 0.6) is 11.5 Å². The highest BCUT2D eigenvalue weighted by atomic mass is 16.5. The summed E-state index contributed by atoms with van der Waals surface area (Å²) in [6.45, 7) is 4.51. The Morgan fingerprint density at radius 1 is 1.44 bits per heavy atom. The maximum Gasteiger partial charge on any atom is 0.129 e. The van der Waals surface area contributed by atoms with E-state index in [-0.39, 0.29) is 12.2 Å². The van der Waals surface area contributed by atoms with E-state index < -0.39 is 6.10 Å². The third-order valence-electron chi connectivity index (χ3n) is 2.99. The summed E-state index contributed by atoms with van der Waals surface area (Å²) in [5, 5.41) is 18.8. The smallest absolute Gasteiger partial charge is 0.129 e. The highest BCUT2D eigenvalue weighted by Gasteiger charge is 2.32. The van der Waals surface area contributed by atoms with Crippen LogP contribution in [0, 0.1) is 0 Å². The van der Waals surface area contributed by atoms with Crippen LogP contribution in [-0.2, 0) is 0 Å². The van der Waals surface area contributed by atoms with E-state index in [2.05, 4.69) is 0 Å². The maximum absolute atomic E-state index is 10.0. The van der Waals surface area contributed by atoms with Gasteiger partial charge in [-0.05, 0) is 26.0 Å². The Labute approximate surface area is 107 Å². The number of benzene rings is 1. The van der Waals surface area contributed by atoms with Crippen molar-refractivity contribution in [1.29, 1.82) is 0 Å². The number of rotatable bonds is 4. The van der Waals surface area contributed by atoms with Crippen molar-refractivity contribution < 1.29 is 19.7 Å². The van der Waals surface area contributed by atoms with Crippen LogP contribution in [0.4, 0.5) is 0 Å². The minimum atomic E-state index is -0.491. The number of aliphatic hydroxyl groups is 2. The molecule has 2 rings (SSSR count). The van der Waals surface area contributed by atoms with Gasteiger partial charge in [0.25, 0.3) is 0 Å². The Morgan fingerprint density at radius 3 is 2.94 bits per heavy atom. The van der Waals surface area contributed by atoms with Crippen molar-refractivity contribution in [2.24, 2.45) is 0 Å². The first-order valence-corrected chi connectivity index (χ1v) is 6.26. The summed E-state index contributed by atoms with van der Waals surface area (Å²) < 4.78 is 11.3. The summed E-state index contributed by atoms with van der Waals surface area (Å²) in [6, 6.07) is 5.46. The van der Waals surface area contributed by atoms with Gasteiger partial charge in [-0.2, -0.15) is 0 Å². The van der Waals surface area contributed by atoms with Gasteiger partial charge in [0, 0.05) is 31.1 Å². The lowest BCUT2D eigenvalue weighted by atomic mass is 9.92. The van der Waals surface area contributed by atoms with Crippen molar-refractivity contribution in [3.8, 4) is 11.5 Å². The molecule has 0 amide bonds. The van der Waals surface area contributed by atoms with Crippen molar-refractivity contribution in [1.82, 2.24) is 0 Å². The second-order valence-corrected chi connectivity index (χ2v) is 5.21. The first-order valence-electron chi connectivity index (χ1n) is 6.26. The second kappa shape index (κ2) is 5.16. The summed E-state index contributed by atoms with van der Waals surface area (Å²) in [5.41, 5.74) is 0.444. The molecule has 0 radical (unpaired) electrons. The Kier molecular flexibility index (Phi) is 3.78. The Hall–Kier alpha value is -1.26. The van der Waals surface area contributed by atoms with Gasteiger partial charge in [-0.25, -0.2) is 0 Å². The molecule has 0 spiro atoms. The quantitative estimate of drug-likeness (QED) is 0.805. The zero-order valence-electron chi connectivity index (χ0n) is 10.8. The fourth-order valence-corrected chi connectivity index (χ4v) is 2.14. The molecule has 0 aromatic heterocycles. The van der Waals surface area contributed by atoms with E-state index in [1.165, 1.54) is 0 Å². The monoisotopic (exact) mass is 252 g/mol. The van der Waals surface area contributed by atoms with E-state index in [1.807, 2.05) is 26.0 Å². The van der Waals surface area contributed by atoms with Gasteiger partial charge in [0.1, 0.15) is 17.1 Å². The summed E-state index contributed by atoms with van der Waals surface area (Å²) in [5.74, 6) is 1.38. The lowest BCUT2D eigenvalue weighted by Crippen LogP contribution is -2.34. The minimum absolute atomic E-state index is 0.118. The summed E-state index contributed by atoms with van der Waals surface area (Å²) >= 11 is 0. The maximum atomic E-state index is 10.0. The molecule has 4 heteroatoms. The first kappa shape index (κ1) is 13.2. The van der Waals surface area contributed by atoms with Crippen LogP contribution < -0.4 is 9.47 Å². The van der Waals surface area contributed by atoms with Crippen molar-refractivity contribution in [3.05, 3.63) is 23.8 Å². The fraction of sp³-hybridized carbons (Fsp3) is 0.571. The summed E-state index contributed by atoms with van der Waals surface area (Å²) in [6.07, 6.45) is 0.701. The Bertz CT molecular complexity index is 414. The normalized spacial score (nSPS) is 21.0. The molecule has 1 atom stereocenters. The van der Waals surface area contributed by atoms with Crippen LogP contribution >= 0.6 is 0 Å². The van der Waals surface area contributed by atoms with E-state index in [1.54, 1.807) is 6.07 Å². The van der Waals surface area contributed by atoms with Crippen LogP contribution in [0.2, 0.25) is 0 Å². The summed E-state index contributed by atoms with van der Waals surface area (Å²) in [7, 11) is 0. The number of hydrogen-bond acceptors (Lipinski definition) is 4. The standard InChI is InChI=1S/C14H20O4/c1-14(2)9-12(16)11-5-4-10(8-13(11)18-14)17-7-3-6-15/h4-5,8,12,15-16H,3,6-7,9H2,1-2H3. The van der Waals surface area contributed by atoms with Crippen molar-refractivity contribution in [2.75, 3.05) is 13.2 Å². The summed E-state index contributed by atoms with van der Waals surface area (Å²) in [4.78, 5) is 0. The van der Waals surface area contributed by atoms with Crippen LogP contribution in [0.25, 0.3) is 0 Å². The zero-order valence-corrected chi connectivity index (χ0v) is 10.8. The van der Waals surface area contributed by atoms with Crippen LogP contribution in [0.1, 0.15) is 38.4 Å². The van der Waals surface area contributed by atoms with Gasteiger partial charge in [-0.15, -0.1) is 0 Å². The molecule has 1 aromatic carbocycles. The molecule has 1 heterocycles. The lowest BCUT2D eigenvalue weighted by molar-refractivity contribution is 0.0113. The molecule has 100 valence electrons. The molecular weight excluding hydrogens is 232 g/mol. The van der Waals surface area contributed by atoms with E-state index in [4.69, 9.17) is 14.6 Å². The third kappa shape index (κ3) is 2.94. The fourth-order valence-electron chi connectivity index (χ4n) is 2.14. The van der Waals surface area contributed by atoms with Crippen LogP contribution in [-0.4, -0.2) is 29.0 Å². The molecule has 18 heavy (non-hydrogen) atoms. The third-order valence-corrected chi connectivity index (χ3v) is 2.99. The average molecular weight is 252 g/mol. The topological polar surface area (TPSA) is 58.9 Å². The number of ether oxygens (including phenoxy) is 2. The minimum Gasteiger partial charge on any atom is -0.493 e. The predicted octanol–water partition coefficient (Wildman–Crippen LogP) is 2.04. The van der Waals surface area contributed by atoms with E-state index in [0.717, 1.165) is 5.56 Å². The Morgan fingerprint density at radius 2 is 2.22 bits per heavy atom. The zero-order chi connectivity index (χ0) is 13.2. The van der Waals surface area contributed by atoms with Gasteiger partial charge in [-0.3, -0.25) is 0 Å². The van der Waals surface area contributed by atoms with E-state index in [9.17, 15) is 5.11 Å². The second-order valence-electron chi connectivity index (χ2n) is 5.21. The molecule has 1 unspecified atom stereocenters. The number of aliphatic hydroxyl groups excluding tert-OH is 2. The molecular formula is C14H20O4. The van der Waals surface area contributed by atoms with E-state index in [0.29, 0.717) is 30.9 Å². The molecule has 0 aliphatic carbocycles. The molecule has 0 saturated heterocycles. The van der Waals surface area contributed by atoms with Crippen LogP contribution in [0.15, 0.2) is 18.2 Å². The van der Waals surface area contributed by atoms with Crippen LogP contribution in [0.3, 0.4) is 0 Å². The first-order chi connectivity index (χ1) is 8.52.